The van der Waals surface area contributed by atoms with Crippen molar-refractivity contribution in [3.8, 4) is 11.4 Å². The number of carbonyl (C=O) groups is 1. The summed E-state index contributed by atoms with van der Waals surface area (Å²) in [5, 5.41) is 6.70. The van der Waals surface area contributed by atoms with Crippen molar-refractivity contribution in [3.05, 3.63) is 102 Å². The summed E-state index contributed by atoms with van der Waals surface area (Å²) < 4.78 is 0. The molecule has 5 aromatic rings. The van der Waals surface area contributed by atoms with E-state index in [0.717, 1.165) is 53.8 Å². The van der Waals surface area contributed by atoms with Crippen LogP contribution in [0.15, 0.2) is 91.0 Å². The van der Waals surface area contributed by atoms with Crippen molar-refractivity contribution in [1.29, 1.82) is 0 Å². The number of carbonyl (C=O) groups excluding carboxylic acids is 1. The molecule has 2 aliphatic rings. The number of rotatable bonds is 4. The van der Waals surface area contributed by atoms with Gasteiger partial charge in [0.2, 0.25) is 0 Å². The second kappa shape index (κ2) is 8.07. The molecule has 2 saturated heterocycles. The van der Waals surface area contributed by atoms with Crippen LogP contribution in [0.2, 0.25) is 0 Å². The molecule has 7 rings (SSSR count). The molecule has 0 saturated carbocycles. The maximum absolute atomic E-state index is 13.5. The molecule has 1 amide bonds. The highest BCUT2D eigenvalue weighted by Gasteiger charge is 2.46. The van der Waals surface area contributed by atoms with E-state index in [1.165, 1.54) is 16.3 Å². The Morgan fingerprint density at radius 1 is 0.914 bits per heavy atom. The minimum atomic E-state index is 0.102. The molecule has 172 valence electrons. The molecule has 2 fully saturated rings. The average Bonchev–Trinajstić information content (AvgIpc) is 3.60. The zero-order valence-electron chi connectivity index (χ0n) is 19.4. The number of amides is 1. The van der Waals surface area contributed by atoms with E-state index >= 15 is 0 Å². The smallest absolute Gasteiger partial charge is 0.268 e. The van der Waals surface area contributed by atoms with Gasteiger partial charge in [-0.1, -0.05) is 66.7 Å². The molecular weight excluding hydrogens is 432 g/mol. The van der Waals surface area contributed by atoms with Gasteiger partial charge >= 0.3 is 0 Å². The third-order valence-corrected chi connectivity index (χ3v) is 7.56. The third-order valence-electron chi connectivity index (χ3n) is 7.56. The van der Waals surface area contributed by atoms with Crippen LogP contribution in [0.1, 0.15) is 28.8 Å². The quantitative estimate of drug-likeness (QED) is 0.369. The molecule has 5 nitrogen and oxygen atoms in total. The van der Waals surface area contributed by atoms with Crippen LogP contribution in [0.25, 0.3) is 33.2 Å². The Hall–Kier alpha value is -3.96. The molecule has 1 N–H and O–H groups in total. The van der Waals surface area contributed by atoms with Gasteiger partial charge in [-0.05, 0) is 59.9 Å². The number of H-pyrrole nitrogens is 1. The van der Waals surface area contributed by atoms with E-state index in [2.05, 4.69) is 64.6 Å². The SMILES string of the molecule is O=C(c1ccc(-c2nc3cc4ccccc4cc3[nH]2)cc1)N1C2CCN1C(Cc1ccccc1)C2. The van der Waals surface area contributed by atoms with E-state index in [9.17, 15) is 4.79 Å². The first kappa shape index (κ1) is 20.4. The number of aromatic nitrogens is 2. The number of hydrazine groups is 1. The normalized spacial score (nSPS) is 21.3. The molecule has 4 aromatic carbocycles. The summed E-state index contributed by atoms with van der Waals surface area (Å²) in [7, 11) is 0. The monoisotopic (exact) mass is 458 g/mol. The summed E-state index contributed by atoms with van der Waals surface area (Å²) >= 11 is 0. The van der Waals surface area contributed by atoms with Crippen molar-refractivity contribution in [2.75, 3.05) is 6.54 Å². The van der Waals surface area contributed by atoms with Gasteiger partial charge in [0, 0.05) is 23.7 Å². The van der Waals surface area contributed by atoms with Crippen molar-refractivity contribution in [2.24, 2.45) is 0 Å². The zero-order valence-corrected chi connectivity index (χ0v) is 19.4. The van der Waals surface area contributed by atoms with Crippen LogP contribution in [0.3, 0.4) is 0 Å². The van der Waals surface area contributed by atoms with Crippen molar-refractivity contribution in [3.63, 3.8) is 0 Å². The summed E-state index contributed by atoms with van der Waals surface area (Å²) in [6.07, 6.45) is 3.09. The van der Waals surface area contributed by atoms with Gasteiger partial charge in [-0.2, -0.15) is 0 Å². The summed E-state index contributed by atoms with van der Waals surface area (Å²) in [4.78, 5) is 21.7. The van der Waals surface area contributed by atoms with Gasteiger partial charge in [-0.25, -0.2) is 9.99 Å². The Morgan fingerprint density at radius 2 is 1.66 bits per heavy atom. The Morgan fingerprint density at radius 3 is 2.46 bits per heavy atom. The minimum absolute atomic E-state index is 0.102. The van der Waals surface area contributed by atoms with Crippen LogP contribution in [-0.2, 0) is 6.42 Å². The maximum atomic E-state index is 13.5. The predicted octanol–water partition coefficient (Wildman–Crippen LogP) is 5.83. The van der Waals surface area contributed by atoms with Crippen molar-refractivity contribution in [1.82, 2.24) is 20.0 Å². The number of fused-ring (bicyclic) bond motifs is 4. The number of aromatic amines is 1. The van der Waals surface area contributed by atoms with Gasteiger partial charge in [-0.3, -0.25) is 9.80 Å². The Kier molecular flexibility index (Phi) is 4.71. The first-order valence-corrected chi connectivity index (χ1v) is 12.4. The lowest BCUT2D eigenvalue weighted by atomic mass is 9.97. The number of nitrogens with zero attached hydrogens (tertiary/aromatic N) is 3. The van der Waals surface area contributed by atoms with E-state index in [1.54, 1.807) is 0 Å². The number of imidazole rings is 1. The molecule has 3 atom stereocenters. The van der Waals surface area contributed by atoms with Gasteiger partial charge < -0.3 is 4.98 Å². The molecule has 2 aliphatic heterocycles. The maximum Gasteiger partial charge on any atom is 0.268 e. The van der Waals surface area contributed by atoms with E-state index in [1.807, 2.05) is 41.4 Å². The standard InChI is InChI=1S/C30H26N4O/c35-30(34-25-14-15-33(34)26(19-25)16-20-6-2-1-3-7-20)22-12-10-21(11-13-22)29-31-27-17-23-8-4-5-9-24(23)18-28(27)32-29/h1-13,17-18,25-26H,14-16,19H2,(H,31,32). The summed E-state index contributed by atoms with van der Waals surface area (Å²) in [5.41, 5.74) is 5.01. The van der Waals surface area contributed by atoms with Gasteiger partial charge in [0.25, 0.3) is 5.91 Å². The van der Waals surface area contributed by atoms with Crippen molar-refractivity contribution in [2.45, 2.75) is 31.3 Å². The van der Waals surface area contributed by atoms with Gasteiger partial charge in [0.05, 0.1) is 17.1 Å². The highest BCUT2D eigenvalue weighted by molar-refractivity contribution is 5.97. The van der Waals surface area contributed by atoms with Crippen LogP contribution in [0, 0.1) is 0 Å². The molecule has 1 aromatic heterocycles. The highest BCUT2D eigenvalue weighted by Crippen LogP contribution is 2.36. The molecule has 35 heavy (non-hydrogen) atoms. The van der Waals surface area contributed by atoms with Crippen LogP contribution >= 0.6 is 0 Å². The Bertz CT molecular complexity index is 1490. The number of hydrogen-bond donors (Lipinski definition) is 1. The first-order valence-electron chi connectivity index (χ1n) is 12.4. The average molecular weight is 459 g/mol. The van der Waals surface area contributed by atoms with E-state index in [-0.39, 0.29) is 5.91 Å². The van der Waals surface area contributed by atoms with Crippen LogP contribution < -0.4 is 0 Å². The highest BCUT2D eigenvalue weighted by atomic mass is 16.2. The number of piperidine rings is 1. The van der Waals surface area contributed by atoms with Crippen LogP contribution in [0.5, 0.6) is 0 Å². The molecule has 2 bridgehead atoms. The molecule has 3 heterocycles. The molecular formula is C30H26N4O. The topological polar surface area (TPSA) is 52.2 Å². The fourth-order valence-corrected chi connectivity index (χ4v) is 5.83. The number of hydrogen-bond acceptors (Lipinski definition) is 3. The number of nitrogens with one attached hydrogen (secondary N) is 1. The Labute approximate surface area is 204 Å². The fourth-order valence-electron chi connectivity index (χ4n) is 5.83. The van der Waals surface area contributed by atoms with E-state index in [0.29, 0.717) is 12.1 Å². The minimum Gasteiger partial charge on any atom is -0.338 e. The zero-order chi connectivity index (χ0) is 23.4. The van der Waals surface area contributed by atoms with Crippen molar-refractivity contribution < 1.29 is 4.79 Å². The summed E-state index contributed by atoms with van der Waals surface area (Å²) in [6.45, 7) is 0.958. The Balaban J connectivity index is 1.12. The van der Waals surface area contributed by atoms with Gasteiger partial charge in [-0.15, -0.1) is 0 Å². The predicted molar refractivity (Wildman–Crippen MR) is 139 cm³/mol. The van der Waals surface area contributed by atoms with Gasteiger partial charge in [0.15, 0.2) is 0 Å². The van der Waals surface area contributed by atoms with E-state index in [4.69, 9.17) is 4.98 Å². The molecule has 0 radical (unpaired) electrons. The third kappa shape index (κ3) is 3.51. The molecule has 0 spiro atoms. The summed E-state index contributed by atoms with van der Waals surface area (Å²) in [5.74, 6) is 0.924. The molecule has 3 unspecified atom stereocenters. The van der Waals surface area contributed by atoms with E-state index < -0.39 is 0 Å². The van der Waals surface area contributed by atoms with Gasteiger partial charge in [0.1, 0.15) is 5.82 Å². The van der Waals surface area contributed by atoms with Crippen LogP contribution in [0.4, 0.5) is 0 Å². The lowest BCUT2D eigenvalue weighted by molar-refractivity contribution is 0.0198. The fraction of sp³-hybridized carbons (Fsp3) is 0.200. The molecule has 0 aliphatic carbocycles. The lowest BCUT2D eigenvalue weighted by Gasteiger charge is -2.28. The number of benzene rings is 4. The summed E-state index contributed by atoms with van der Waals surface area (Å²) in [6, 6.07) is 31.7. The first-order chi connectivity index (χ1) is 17.2. The molecule has 5 heteroatoms. The second-order valence-corrected chi connectivity index (χ2v) is 9.71. The van der Waals surface area contributed by atoms with Crippen molar-refractivity contribution >= 4 is 27.7 Å². The van der Waals surface area contributed by atoms with Crippen LogP contribution in [-0.4, -0.2) is 44.5 Å². The largest absolute Gasteiger partial charge is 0.338 e. The second-order valence-electron chi connectivity index (χ2n) is 9.71. The lowest BCUT2D eigenvalue weighted by Crippen LogP contribution is -2.42.